The van der Waals surface area contributed by atoms with E-state index in [1.807, 2.05) is 38.1 Å². The second kappa shape index (κ2) is 8.53. The van der Waals surface area contributed by atoms with E-state index in [-0.39, 0.29) is 5.97 Å². The van der Waals surface area contributed by atoms with E-state index < -0.39 is 6.10 Å². The van der Waals surface area contributed by atoms with Gasteiger partial charge in [0.2, 0.25) is 0 Å². The second-order valence-electron chi connectivity index (χ2n) is 3.98. The molecule has 1 aromatic carbocycles. The average molecular weight is 266 g/mol. The van der Waals surface area contributed by atoms with Gasteiger partial charge in [0, 0.05) is 13.0 Å². The Morgan fingerprint density at radius 2 is 1.74 bits per heavy atom. The number of ether oxygens (including phenoxy) is 3. The lowest BCUT2D eigenvalue weighted by atomic mass is 10.1. The highest BCUT2D eigenvalue weighted by Crippen LogP contribution is 2.14. The Labute approximate surface area is 114 Å². The van der Waals surface area contributed by atoms with Gasteiger partial charge in [-0.25, -0.2) is 4.79 Å². The average Bonchev–Trinajstić information content (AvgIpc) is 2.41. The highest BCUT2D eigenvalue weighted by atomic mass is 16.6. The van der Waals surface area contributed by atoms with Crippen molar-refractivity contribution in [1.82, 2.24) is 0 Å². The van der Waals surface area contributed by atoms with Gasteiger partial charge < -0.3 is 14.2 Å². The molecule has 1 unspecified atom stereocenters. The van der Waals surface area contributed by atoms with E-state index in [9.17, 15) is 4.79 Å². The van der Waals surface area contributed by atoms with Crippen LogP contribution in [0.1, 0.15) is 26.3 Å². The first-order chi connectivity index (χ1) is 9.21. The second-order valence-corrected chi connectivity index (χ2v) is 3.98. The fraction of sp³-hybridized carbons (Fsp3) is 0.533. The monoisotopic (exact) mass is 266 g/mol. The summed E-state index contributed by atoms with van der Waals surface area (Å²) in [5, 5.41) is 0. The minimum Gasteiger partial charge on any atom is -0.494 e. The Balaban J connectivity index is 2.64. The number of carbonyl (C=O) groups excluding carboxylic acids is 1. The molecule has 4 nitrogen and oxygen atoms in total. The van der Waals surface area contributed by atoms with Gasteiger partial charge in [0.15, 0.2) is 6.10 Å². The number of esters is 1. The van der Waals surface area contributed by atoms with Crippen LogP contribution in [0.2, 0.25) is 0 Å². The van der Waals surface area contributed by atoms with Crippen LogP contribution in [0.25, 0.3) is 0 Å². The quantitative estimate of drug-likeness (QED) is 0.678. The summed E-state index contributed by atoms with van der Waals surface area (Å²) in [6.45, 7) is 7.10. The SMILES string of the molecule is CCOC(=O)C(Cc1ccc(OCC)cc1)OCC. The number of rotatable bonds is 8. The van der Waals surface area contributed by atoms with Crippen LogP contribution in [0.15, 0.2) is 24.3 Å². The van der Waals surface area contributed by atoms with Crippen molar-refractivity contribution in [2.24, 2.45) is 0 Å². The van der Waals surface area contributed by atoms with Crippen molar-refractivity contribution in [3.8, 4) is 5.75 Å². The van der Waals surface area contributed by atoms with Crippen molar-refractivity contribution >= 4 is 5.97 Å². The molecule has 0 spiro atoms. The van der Waals surface area contributed by atoms with Crippen LogP contribution in [0.4, 0.5) is 0 Å². The normalized spacial score (nSPS) is 11.9. The summed E-state index contributed by atoms with van der Waals surface area (Å²) < 4.78 is 15.8. The van der Waals surface area contributed by atoms with Crippen LogP contribution < -0.4 is 4.74 Å². The zero-order chi connectivity index (χ0) is 14.1. The highest BCUT2D eigenvalue weighted by molar-refractivity contribution is 5.75. The summed E-state index contributed by atoms with van der Waals surface area (Å²) >= 11 is 0. The van der Waals surface area contributed by atoms with Crippen LogP contribution in [0, 0.1) is 0 Å². The molecule has 19 heavy (non-hydrogen) atoms. The van der Waals surface area contributed by atoms with Crippen molar-refractivity contribution in [3.05, 3.63) is 29.8 Å². The Kier molecular flexibility index (Phi) is 6.97. The van der Waals surface area contributed by atoms with Crippen LogP contribution in [0.3, 0.4) is 0 Å². The van der Waals surface area contributed by atoms with Gasteiger partial charge in [-0.2, -0.15) is 0 Å². The van der Waals surface area contributed by atoms with Gasteiger partial charge in [-0.15, -0.1) is 0 Å². The Bertz CT molecular complexity index is 372. The molecule has 0 fully saturated rings. The van der Waals surface area contributed by atoms with Gasteiger partial charge in [0.25, 0.3) is 0 Å². The third-order valence-corrected chi connectivity index (χ3v) is 2.57. The van der Waals surface area contributed by atoms with E-state index in [1.54, 1.807) is 6.92 Å². The van der Waals surface area contributed by atoms with E-state index in [4.69, 9.17) is 14.2 Å². The molecule has 0 aromatic heterocycles. The van der Waals surface area contributed by atoms with Crippen LogP contribution in [-0.2, 0) is 20.7 Å². The molecule has 0 saturated carbocycles. The summed E-state index contributed by atoms with van der Waals surface area (Å²) in [5.41, 5.74) is 1.02. The highest BCUT2D eigenvalue weighted by Gasteiger charge is 2.20. The number of benzene rings is 1. The molecule has 0 heterocycles. The Hall–Kier alpha value is -1.55. The zero-order valence-corrected chi connectivity index (χ0v) is 11.8. The molecule has 0 bridgehead atoms. The lowest BCUT2D eigenvalue weighted by Gasteiger charge is -2.15. The number of carbonyl (C=O) groups is 1. The zero-order valence-electron chi connectivity index (χ0n) is 11.8. The van der Waals surface area contributed by atoms with Crippen molar-refractivity contribution in [3.63, 3.8) is 0 Å². The van der Waals surface area contributed by atoms with Crippen molar-refractivity contribution in [1.29, 1.82) is 0 Å². The van der Waals surface area contributed by atoms with Gasteiger partial charge >= 0.3 is 5.97 Å². The summed E-state index contributed by atoms with van der Waals surface area (Å²) in [4.78, 5) is 11.7. The lowest BCUT2D eigenvalue weighted by Crippen LogP contribution is -2.28. The third-order valence-electron chi connectivity index (χ3n) is 2.57. The van der Waals surface area contributed by atoms with Crippen LogP contribution in [0.5, 0.6) is 5.75 Å². The molecule has 0 aliphatic carbocycles. The topological polar surface area (TPSA) is 44.8 Å². The minimum atomic E-state index is -0.539. The molecule has 0 aliphatic rings. The van der Waals surface area contributed by atoms with E-state index >= 15 is 0 Å². The van der Waals surface area contributed by atoms with Gasteiger partial charge in [-0.1, -0.05) is 12.1 Å². The smallest absolute Gasteiger partial charge is 0.335 e. The molecule has 4 heteroatoms. The van der Waals surface area contributed by atoms with Crippen molar-refractivity contribution in [2.45, 2.75) is 33.3 Å². The Morgan fingerprint density at radius 3 is 2.26 bits per heavy atom. The van der Waals surface area contributed by atoms with E-state index in [1.165, 1.54) is 0 Å². The van der Waals surface area contributed by atoms with E-state index in [0.717, 1.165) is 11.3 Å². The van der Waals surface area contributed by atoms with Crippen LogP contribution >= 0.6 is 0 Å². The minimum absolute atomic E-state index is 0.307. The molecule has 1 atom stereocenters. The van der Waals surface area contributed by atoms with Gasteiger partial charge in [0.1, 0.15) is 5.75 Å². The fourth-order valence-electron chi connectivity index (χ4n) is 1.75. The van der Waals surface area contributed by atoms with E-state index in [2.05, 4.69) is 0 Å². The molecule has 0 saturated heterocycles. The summed E-state index contributed by atoms with van der Waals surface area (Å²) in [6, 6.07) is 7.67. The first kappa shape index (κ1) is 15.5. The third kappa shape index (κ3) is 5.30. The largest absolute Gasteiger partial charge is 0.494 e. The summed E-state index contributed by atoms with van der Waals surface area (Å²) in [5.74, 6) is 0.522. The molecule has 0 N–H and O–H groups in total. The van der Waals surface area contributed by atoms with Crippen molar-refractivity contribution in [2.75, 3.05) is 19.8 Å². The predicted molar refractivity (Wildman–Crippen MR) is 73.4 cm³/mol. The van der Waals surface area contributed by atoms with Crippen LogP contribution in [-0.4, -0.2) is 31.9 Å². The molecular formula is C15H22O4. The number of hydrogen-bond donors (Lipinski definition) is 0. The Morgan fingerprint density at radius 1 is 1.05 bits per heavy atom. The maximum absolute atomic E-state index is 11.7. The molecular weight excluding hydrogens is 244 g/mol. The first-order valence-corrected chi connectivity index (χ1v) is 6.71. The summed E-state index contributed by atoms with van der Waals surface area (Å²) in [7, 11) is 0. The van der Waals surface area contributed by atoms with Gasteiger partial charge in [-0.05, 0) is 38.5 Å². The molecule has 0 amide bonds. The molecule has 0 aliphatic heterocycles. The van der Waals surface area contributed by atoms with Crippen molar-refractivity contribution < 1.29 is 19.0 Å². The summed E-state index contributed by atoms with van der Waals surface area (Å²) in [6.07, 6.45) is -0.0260. The standard InChI is InChI=1S/C15H22O4/c1-4-17-13-9-7-12(8-10-13)11-14(18-5-2)15(16)19-6-3/h7-10,14H,4-6,11H2,1-3H3. The van der Waals surface area contributed by atoms with E-state index in [0.29, 0.717) is 26.2 Å². The maximum Gasteiger partial charge on any atom is 0.335 e. The fourth-order valence-corrected chi connectivity index (χ4v) is 1.75. The first-order valence-electron chi connectivity index (χ1n) is 6.71. The predicted octanol–water partition coefficient (Wildman–Crippen LogP) is 2.60. The lowest BCUT2D eigenvalue weighted by molar-refractivity contribution is -0.156. The van der Waals surface area contributed by atoms with Gasteiger partial charge in [0.05, 0.1) is 13.2 Å². The molecule has 0 radical (unpaired) electrons. The van der Waals surface area contributed by atoms with Gasteiger partial charge in [-0.3, -0.25) is 0 Å². The maximum atomic E-state index is 11.7. The molecule has 1 aromatic rings. The number of hydrogen-bond acceptors (Lipinski definition) is 4. The molecule has 1 rings (SSSR count). The molecule has 106 valence electrons.